The Balaban J connectivity index is 2.97. The highest BCUT2D eigenvalue weighted by atomic mass is 32.2. The lowest BCUT2D eigenvalue weighted by atomic mass is 10.0. The molecule has 2 nitrogen and oxygen atoms in total. The lowest BCUT2D eigenvalue weighted by molar-refractivity contribution is 0.509. The van der Waals surface area contributed by atoms with Crippen molar-refractivity contribution in [2.24, 2.45) is 11.7 Å². The predicted octanol–water partition coefficient (Wildman–Crippen LogP) is 5.21. The van der Waals surface area contributed by atoms with E-state index < -0.39 is 0 Å². The number of nitrogens with one attached hydrogen (secondary N) is 1. The van der Waals surface area contributed by atoms with Crippen molar-refractivity contribution in [3.05, 3.63) is 0 Å². The Morgan fingerprint density at radius 2 is 1.32 bits per heavy atom. The van der Waals surface area contributed by atoms with Gasteiger partial charge in [0.15, 0.2) is 0 Å². The molecule has 0 aromatic rings. The van der Waals surface area contributed by atoms with Crippen LogP contribution in [0.4, 0.5) is 0 Å². The van der Waals surface area contributed by atoms with E-state index in [-0.39, 0.29) is 6.04 Å². The van der Waals surface area contributed by atoms with Crippen LogP contribution in [0.1, 0.15) is 85.0 Å². The van der Waals surface area contributed by atoms with Crippen molar-refractivity contribution in [2.75, 3.05) is 24.6 Å². The lowest BCUT2D eigenvalue weighted by Gasteiger charge is -2.07. The van der Waals surface area contributed by atoms with Gasteiger partial charge < -0.3 is 11.1 Å². The van der Waals surface area contributed by atoms with Crippen LogP contribution < -0.4 is 11.1 Å². The maximum absolute atomic E-state index is 5.69. The van der Waals surface area contributed by atoms with Crippen LogP contribution in [0.25, 0.3) is 0 Å². The van der Waals surface area contributed by atoms with Crippen molar-refractivity contribution in [1.82, 2.24) is 5.32 Å². The van der Waals surface area contributed by atoms with Crippen LogP contribution in [0.5, 0.6) is 0 Å². The van der Waals surface area contributed by atoms with Crippen LogP contribution in [-0.2, 0) is 0 Å². The normalized spacial score (nSPS) is 13.0. The molecule has 1 unspecified atom stereocenters. The SMILES string of the molecule is CC(C)CCCCCCCCCCSCCCNCC(C)N. The maximum atomic E-state index is 5.69. The second-order valence-electron chi connectivity index (χ2n) is 7.16. The van der Waals surface area contributed by atoms with E-state index in [4.69, 9.17) is 5.73 Å². The molecule has 0 bridgehead atoms. The Hall–Kier alpha value is 0.270. The van der Waals surface area contributed by atoms with Gasteiger partial charge in [0.25, 0.3) is 0 Å². The molecule has 3 N–H and O–H groups in total. The molecule has 134 valence electrons. The van der Waals surface area contributed by atoms with Crippen molar-refractivity contribution < 1.29 is 0 Å². The zero-order valence-electron chi connectivity index (χ0n) is 15.5. The highest BCUT2D eigenvalue weighted by Crippen LogP contribution is 2.13. The van der Waals surface area contributed by atoms with Gasteiger partial charge in [-0.15, -0.1) is 0 Å². The molecule has 0 heterocycles. The molecule has 0 radical (unpaired) electrons. The minimum atomic E-state index is 0.280. The van der Waals surface area contributed by atoms with E-state index in [0.29, 0.717) is 0 Å². The van der Waals surface area contributed by atoms with Gasteiger partial charge in [0, 0.05) is 12.6 Å². The van der Waals surface area contributed by atoms with Gasteiger partial charge in [-0.25, -0.2) is 0 Å². The first-order valence-corrected chi connectivity index (χ1v) is 10.8. The van der Waals surface area contributed by atoms with Crippen molar-refractivity contribution in [3.63, 3.8) is 0 Å². The van der Waals surface area contributed by atoms with E-state index >= 15 is 0 Å². The average Bonchev–Trinajstić information content (AvgIpc) is 2.46. The number of unbranched alkanes of at least 4 members (excludes halogenated alkanes) is 7. The summed E-state index contributed by atoms with van der Waals surface area (Å²) in [6, 6.07) is 0.280. The molecule has 0 aliphatic heterocycles. The van der Waals surface area contributed by atoms with Gasteiger partial charge in [0.1, 0.15) is 0 Å². The molecular formula is C19H42N2S. The minimum absolute atomic E-state index is 0.280. The summed E-state index contributed by atoms with van der Waals surface area (Å²) in [4.78, 5) is 0. The second kappa shape index (κ2) is 17.6. The third kappa shape index (κ3) is 20.3. The van der Waals surface area contributed by atoms with Crippen molar-refractivity contribution in [1.29, 1.82) is 0 Å². The molecular weight excluding hydrogens is 288 g/mol. The fourth-order valence-corrected chi connectivity index (χ4v) is 3.51. The van der Waals surface area contributed by atoms with E-state index in [0.717, 1.165) is 19.0 Å². The van der Waals surface area contributed by atoms with Gasteiger partial charge in [-0.3, -0.25) is 0 Å². The lowest BCUT2D eigenvalue weighted by Crippen LogP contribution is -2.31. The largest absolute Gasteiger partial charge is 0.327 e. The smallest absolute Gasteiger partial charge is 0.0136 e. The summed E-state index contributed by atoms with van der Waals surface area (Å²) in [6.07, 6.45) is 14.2. The number of thioether (sulfide) groups is 1. The van der Waals surface area contributed by atoms with Gasteiger partial charge in [0.05, 0.1) is 0 Å². The van der Waals surface area contributed by atoms with Gasteiger partial charge in [-0.05, 0) is 43.7 Å². The molecule has 0 aliphatic carbocycles. The van der Waals surface area contributed by atoms with E-state index in [2.05, 4.69) is 30.9 Å². The second-order valence-corrected chi connectivity index (χ2v) is 8.38. The summed E-state index contributed by atoms with van der Waals surface area (Å²) >= 11 is 2.12. The summed E-state index contributed by atoms with van der Waals surface area (Å²) in [7, 11) is 0. The van der Waals surface area contributed by atoms with Crippen LogP contribution in [0.15, 0.2) is 0 Å². The van der Waals surface area contributed by atoms with E-state index in [1.807, 2.05) is 6.92 Å². The summed E-state index contributed by atoms with van der Waals surface area (Å²) < 4.78 is 0. The molecule has 22 heavy (non-hydrogen) atoms. The molecule has 0 saturated carbocycles. The van der Waals surface area contributed by atoms with Gasteiger partial charge in [0.2, 0.25) is 0 Å². The number of rotatable bonds is 17. The molecule has 0 fully saturated rings. The highest BCUT2D eigenvalue weighted by molar-refractivity contribution is 7.99. The molecule has 0 spiro atoms. The maximum Gasteiger partial charge on any atom is 0.0136 e. The van der Waals surface area contributed by atoms with Crippen molar-refractivity contribution >= 4 is 11.8 Å². The number of hydrogen-bond donors (Lipinski definition) is 2. The first kappa shape index (κ1) is 22.3. The van der Waals surface area contributed by atoms with E-state index in [1.165, 1.54) is 75.7 Å². The van der Waals surface area contributed by atoms with Gasteiger partial charge in [-0.2, -0.15) is 11.8 Å². The monoisotopic (exact) mass is 330 g/mol. The van der Waals surface area contributed by atoms with E-state index in [9.17, 15) is 0 Å². The van der Waals surface area contributed by atoms with Crippen LogP contribution in [0, 0.1) is 5.92 Å². The predicted molar refractivity (Wildman–Crippen MR) is 105 cm³/mol. The standard InChI is InChI=1S/C19H42N2S/c1-18(2)13-10-8-6-4-5-7-9-11-15-22-16-12-14-21-17-19(3)20/h18-19,21H,4-17,20H2,1-3H3. The first-order valence-electron chi connectivity index (χ1n) is 9.67. The number of hydrogen-bond acceptors (Lipinski definition) is 3. The topological polar surface area (TPSA) is 38.0 Å². The van der Waals surface area contributed by atoms with Crippen LogP contribution in [0.2, 0.25) is 0 Å². The Morgan fingerprint density at radius 1 is 0.773 bits per heavy atom. The Bertz CT molecular complexity index is 186. The summed E-state index contributed by atoms with van der Waals surface area (Å²) in [5.74, 6) is 3.53. The molecule has 0 aromatic heterocycles. The zero-order chi connectivity index (χ0) is 16.5. The number of nitrogens with two attached hydrogens (primary N) is 1. The van der Waals surface area contributed by atoms with Crippen molar-refractivity contribution in [2.45, 2.75) is 91.0 Å². The summed E-state index contributed by atoms with van der Waals surface area (Å²) in [5, 5.41) is 3.39. The molecule has 3 heteroatoms. The third-order valence-corrected chi connectivity index (χ3v) is 5.08. The van der Waals surface area contributed by atoms with Gasteiger partial charge in [-0.1, -0.05) is 65.2 Å². The van der Waals surface area contributed by atoms with Gasteiger partial charge >= 0.3 is 0 Å². The minimum Gasteiger partial charge on any atom is -0.327 e. The Labute approximate surface area is 144 Å². The average molecular weight is 331 g/mol. The summed E-state index contributed by atoms with van der Waals surface area (Å²) in [5.41, 5.74) is 5.69. The third-order valence-electron chi connectivity index (χ3n) is 3.93. The van der Waals surface area contributed by atoms with Crippen molar-refractivity contribution in [3.8, 4) is 0 Å². The summed E-state index contributed by atoms with van der Waals surface area (Å²) in [6.45, 7) is 8.77. The molecule has 1 atom stereocenters. The molecule has 0 saturated heterocycles. The quantitative estimate of drug-likeness (QED) is 0.359. The highest BCUT2D eigenvalue weighted by Gasteiger charge is 1.96. The zero-order valence-corrected chi connectivity index (χ0v) is 16.4. The van der Waals surface area contributed by atoms with Crippen LogP contribution in [0.3, 0.4) is 0 Å². The Kier molecular flexibility index (Phi) is 17.8. The fraction of sp³-hybridized carbons (Fsp3) is 1.00. The van der Waals surface area contributed by atoms with Crippen LogP contribution in [-0.4, -0.2) is 30.6 Å². The molecule has 0 amide bonds. The molecule has 0 aromatic carbocycles. The molecule has 0 rings (SSSR count). The van der Waals surface area contributed by atoms with Crippen LogP contribution >= 0.6 is 11.8 Å². The Morgan fingerprint density at radius 3 is 1.91 bits per heavy atom. The first-order chi connectivity index (χ1) is 10.6. The van der Waals surface area contributed by atoms with E-state index in [1.54, 1.807) is 0 Å². The molecule has 0 aliphatic rings. The fourth-order valence-electron chi connectivity index (χ4n) is 2.55.